The van der Waals surface area contributed by atoms with Crippen molar-refractivity contribution in [3.8, 4) is 5.88 Å². The minimum Gasteiger partial charge on any atom is -0.481 e. The summed E-state index contributed by atoms with van der Waals surface area (Å²) in [5.41, 5.74) is 0.396. The summed E-state index contributed by atoms with van der Waals surface area (Å²) in [5.74, 6) is 0.374. The Hall–Kier alpha value is -1.46. The molecule has 0 amide bonds. The van der Waals surface area contributed by atoms with Crippen molar-refractivity contribution in [2.75, 3.05) is 25.6 Å². The molecule has 1 aromatic rings. The lowest BCUT2D eigenvalue weighted by Crippen LogP contribution is -2.30. The maximum absolute atomic E-state index is 12.1. The third-order valence-electron chi connectivity index (χ3n) is 1.79. The first-order valence-electron chi connectivity index (χ1n) is 4.20. The monoisotopic (exact) mass is 220 g/mol. The van der Waals surface area contributed by atoms with Gasteiger partial charge in [-0.15, -0.1) is 0 Å². The number of anilines is 1. The van der Waals surface area contributed by atoms with E-state index in [4.69, 9.17) is 4.74 Å². The number of halogens is 3. The lowest BCUT2D eigenvalue weighted by atomic mass is 10.3. The van der Waals surface area contributed by atoms with Crippen molar-refractivity contribution in [1.82, 2.24) is 4.98 Å². The number of hydrogen-bond donors (Lipinski definition) is 0. The van der Waals surface area contributed by atoms with Crippen LogP contribution in [-0.4, -0.2) is 31.9 Å². The average molecular weight is 220 g/mol. The number of alkyl halides is 3. The van der Waals surface area contributed by atoms with Crippen LogP contribution < -0.4 is 9.64 Å². The van der Waals surface area contributed by atoms with Gasteiger partial charge in [-0.1, -0.05) is 0 Å². The molecule has 3 nitrogen and oxygen atoms in total. The summed E-state index contributed by atoms with van der Waals surface area (Å²) >= 11 is 0. The Bertz CT molecular complexity index is 310. The van der Waals surface area contributed by atoms with E-state index in [9.17, 15) is 13.2 Å². The van der Waals surface area contributed by atoms with Gasteiger partial charge in [0.2, 0.25) is 5.88 Å². The predicted octanol–water partition coefficient (Wildman–Crippen LogP) is 2.09. The van der Waals surface area contributed by atoms with Gasteiger partial charge in [-0.3, -0.25) is 0 Å². The van der Waals surface area contributed by atoms with Crippen LogP contribution in [0.1, 0.15) is 0 Å². The maximum Gasteiger partial charge on any atom is 0.405 e. The molecule has 1 rings (SSSR count). The van der Waals surface area contributed by atoms with Gasteiger partial charge in [0.1, 0.15) is 6.54 Å². The molecule has 0 saturated carbocycles. The largest absolute Gasteiger partial charge is 0.481 e. The molecule has 0 spiro atoms. The van der Waals surface area contributed by atoms with Crippen molar-refractivity contribution in [3.05, 3.63) is 18.3 Å². The number of hydrogen-bond acceptors (Lipinski definition) is 3. The highest BCUT2D eigenvalue weighted by Gasteiger charge is 2.29. The van der Waals surface area contributed by atoms with Crippen molar-refractivity contribution in [2.45, 2.75) is 6.18 Å². The number of aromatic nitrogens is 1. The molecule has 0 aliphatic rings. The second-order valence-electron chi connectivity index (χ2n) is 3.03. The fraction of sp³-hybridized carbons (Fsp3) is 0.444. The predicted molar refractivity (Wildman–Crippen MR) is 50.1 cm³/mol. The molecule has 1 heterocycles. The molecule has 0 saturated heterocycles. The fourth-order valence-corrected chi connectivity index (χ4v) is 1.08. The summed E-state index contributed by atoms with van der Waals surface area (Å²) in [5, 5.41) is 0. The van der Waals surface area contributed by atoms with E-state index in [0.717, 1.165) is 4.90 Å². The van der Waals surface area contributed by atoms with Crippen molar-refractivity contribution < 1.29 is 17.9 Å². The highest BCUT2D eigenvalue weighted by molar-refractivity contribution is 5.44. The molecule has 0 aliphatic carbocycles. The average Bonchev–Trinajstić information content (AvgIpc) is 2.15. The summed E-state index contributed by atoms with van der Waals surface area (Å²) in [6.45, 7) is -0.999. The minimum absolute atomic E-state index is 0.374. The Morgan fingerprint density at radius 2 is 2.07 bits per heavy atom. The zero-order chi connectivity index (χ0) is 11.5. The van der Waals surface area contributed by atoms with Gasteiger partial charge < -0.3 is 9.64 Å². The van der Waals surface area contributed by atoms with Gasteiger partial charge in [-0.05, 0) is 6.07 Å². The summed E-state index contributed by atoms with van der Waals surface area (Å²) in [6.07, 6.45) is -2.88. The Morgan fingerprint density at radius 3 is 2.47 bits per heavy atom. The van der Waals surface area contributed by atoms with Crippen LogP contribution in [0.3, 0.4) is 0 Å². The quantitative estimate of drug-likeness (QED) is 0.779. The molecule has 0 fully saturated rings. The Kier molecular flexibility index (Phi) is 3.39. The van der Waals surface area contributed by atoms with Crippen LogP contribution in [-0.2, 0) is 0 Å². The van der Waals surface area contributed by atoms with E-state index in [-0.39, 0.29) is 0 Å². The molecule has 0 aliphatic heterocycles. The molecular formula is C9H11F3N2O. The van der Waals surface area contributed by atoms with Crippen molar-refractivity contribution in [3.63, 3.8) is 0 Å². The molecule has 0 N–H and O–H groups in total. The normalized spacial score (nSPS) is 11.3. The molecule has 84 valence electrons. The van der Waals surface area contributed by atoms with Gasteiger partial charge in [0.15, 0.2) is 0 Å². The molecule has 1 aromatic heterocycles. The second kappa shape index (κ2) is 4.37. The molecule has 0 atom stereocenters. The Morgan fingerprint density at radius 1 is 1.40 bits per heavy atom. The number of ether oxygens (including phenoxy) is 1. The number of nitrogens with zero attached hydrogens (tertiary/aromatic N) is 2. The van der Waals surface area contributed by atoms with E-state index in [1.165, 1.54) is 32.5 Å². The van der Waals surface area contributed by atoms with Crippen molar-refractivity contribution in [1.29, 1.82) is 0 Å². The Balaban J connectivity index is 2.70. The fourth-order valence-electron chi connectivity index (χ4n) is 1.08. The van der Waals surface area contributed by atoms with E-state index in [2.05, 4.69) is 4.98 Å². The van der Waals surface area contributed by atoms with E-state index in [1.807, 2.05) is 0 Å². The maximum atomic E-state index is 12.1. The van der Waals surface area contributed by atoms with Crippen LogP contribution in [0.25, 0.3) is 0 Å². The van der Waals surface area contributed by atoms with Gasteiger partial charge in [0.05, 0.1) is 19.0 Å². The van der Waals surface area contributed by atoms with Crippen LogP contribution >= 0.6 is 0 Å². The van der Waals surface area contributed by atoms with Crippen molar-refractivity contribution in [2.24, 2.45) is 0 Å². The van der Waals surface area contributed by atoms with Crippen LogP contribution in [0.5, 0.6) is 5.88 Å². The number of rotatable bonds is 3. The van der Waals surface area contributed by atoms with E-state index >= 15 is 0 Å². The Labute approximate surface area is 85.5 Å². The standard InChI is InChI=1S/C9H11F3N2O/c1-14(6-9(10,11)12)7-3-4-8(15-2)13-5-7/h3-5H,6H2,1-2H3. The van der Waals surface area contributed by atoms with Crippen LogP contribution in [0.4, 0.5) is 18.9 Å². The molecule has 6 heteroatoms. The smallest absolute Gasteiger partial charge is 0.405 e. The molecule has 0 aromatic carbocycles. The van der Waals surface area contributed by atoms with Crippen LogP contribution in [0.2, 0.25) is 0 Å². The molecule has 0 bridgehead atoms. The molecule has 0 radical (unpaired) electrons. The minimum atomic E-state index is -4.21. The third-order valence-corrected chi connectivity index (χ3v) is 1.79. The third kappa shape index (κ3) is 3.65. The van der Waals surface area contributed by atoms with Gasteiger partial charge in [-0.25, -0.2) is 4.98 Å². The SMILES string of the molecule is COc1ccc(N(C)CC(F)(F)F)cn1. The topological polar surface area (TPSA) is 25.4 Å². The summed E-state index contributed by atoms with van der Waals surface area (Å²) in [6, 6.07) is 3.04. The van der Waals surface area contributed by atoms with E-state index < -0.39 is 12.7 Å². The van der Waals surface area contributed by atoms with Crippen LogP contribution in [0, 0.1) is 0 Å². The molecule has 0 unspecified atom stereocenters. The van der Waals surface area contributed by atoms with Crippen LogP contribution in [0.15, 0.2) is 18.3 Å². The first-order valence-corrected chi connectivity index (χ1v) is 4.20. The highest BCUT2D eigenvalue weighted by Crippen LogP contribution is 2.21. The second-order valence-corrected chi connectivity index (χ2v) is 3.03. The zero-order valence-corrected chi connectivity index (χ0v) is 8.38. The molecular weight excluding hydrogens is 209 g/mol. The van der Waals surface area contributed by atoms with E-state index in [0.29, 0.717) is 11.6 Å². The first kappa shape index (κ1) is 11.6. The number of methoxy groups -OCH3 is 1. The van der Waals surface area contributed by atoms with Gasteiger partial charge in [0, 0.05) is 13.1 Å². The highest BCUT2D eigenvalue weighted by atomic mass is 19.4. The number of pyridine rings is 1. The summed E-state index contributed by atoms with van der Waals surface area (Å²) in [4.78, 5) is 4.89. The van der Waals surface area contributed by atoms with Gasteiger partial charge in [0.25, 0.3) is 0 Å². The van der Waals surface area contributed by atoms with Crippen molar-refractivity contribution >= 4 is 5.69 Å². The summed E-state index contributed by atoms with van der Waals surface area (Å²) in [7, 11) is 2.80. The molecule has 15 heavy (non-hydrogen) atoms. The van der Waals surface area contributed by atoms with Gasteiger partial charge >= 0.3 is 6.18 Å². The lowest BCUT2D eigenvalue weighted by Gasteiger charge is -2.20. The first-order chi connectivity index (χ1) is 6.92. The zero-order valence-electron chi connectivity index (χ0n) is 8.38. The summed E-state index contributed by atoms with van der Waals surface area (Å²) < 4.78 is 40.9. The van der Waals surface area contributed by atoms with Gasteiger partial charge in [-0.2, -0.15) is 13.2 Å². The lowest BCUT2D eigenvalue weighted by molar-refractivity contribution is -0.119. The van der Waals surface area contributed by atoms with E-state index in [1.54, 1.807) is 0 Å².